The number of rotatable bonds is 5. The van der Waals surface area contributed by atoms with Gasteiger partial charge in [0, 0.05) is 23.7 Å². The van der Waals surface area contributed by atoms with Crippen LogP contribution in [0.1, 0.15) is 22.8 Å². The summed E-state index contributed by atoms with van der Waals surface area (Å²) in [5.41, 5.74) is 1.86. The Hall–Kier alpha value is -2.27. The average Bonchev–Trinajstić information content (AvgIpc) is 2.52. The van der Waals surface area contributed by atoms with Crippen LogP contribution in [0, 0.1) is 18.6 Å². The van der Waals surface area contributed by atoms with Crippen LogP contribution in [0.3, 0.4) is 0 Å². The number of carbonyl (C=O) groups excluding carboxylic acids is 1. The van der Waals surface area contributed by atoms with Gasteiger partial charge in [0.15, 0.2) is 0 Å². The predicted molar refractivity (Wildman–Crippen MR) is 87.4 cm³/mol. The molecule has 0 spiro atoms. The van der Waals surface area contributed by atoms with Crippen LogP contribution < -0.4 is 10.6 Å². The number of aryl methyl sites for hydroxylation is 1. The second-order valence-corrected chi connectivity index (χ2v) is 5.55. The summed E-state index contributed by atoms with van der Waals surface area (Å²) >= 11 is 0. The van der Waals surface area contributed by atoms with E-state index in [1.54, 1.807) is 26.1 Å². The van der Waals surface area contributed by atoms with Gasteiger partial charge in [0.05, 0.1) is 0 Å². The molecule has 2 rings (SSSR count). The molecule has 0 aliphatic heterocycles. The number of carbonyl (C=O) groups is 1. The number of hydrogen-bond acceptors (Lipinski definition) is 2. The highest BCUT2D eigenvalue weighted by molar-refractivity contribution is 5.94. The lowest BCUT2D eigenvalue weighted by Gasteiger charge is -2.12. The Morgan fingerprint density at radius 3 is 2.43 bits per heavy atom. The molecular formula is C18H20F2N2O. The molecule has 0 saturated carbocycles. The first-order chi connectivity index (χ1) is 10.9. The molecule has 0 aliphatic rings. The number of hydrogen-bond donors (Lipinski definition) is 2. The summed E-state index contributed by atoms with van der Waals surface area (Å²) in [6.07, 6.45) is 0. The molecule has 0 bridgehead atoms. The minimum atomic E-state index is -0.506. The van der Waals surface area contributed by atoms with E-state index in [1.807, 2.05) is 6.92 Å². The highest BCUT2D eigenvalue weighted by Gasteiger charge is 2.13. The van der Waals surface area contributed by atoms with Gasteiger partial charge < -0.3 is 10.6 Å². The lowest BCUT2D eigenvalue weighted by atomic mass is 9.98. The summed E-state index contributed by atoms with van der Waals surface area (Å²) < 4.78 is 27.5. The molecule has 2 aromatic carbocycles. The third kappa shape index (κ3) is 4.13. The minimum absolute atomic E-state index is 0.130. The van der Waals surface area contributed by atoms with Gasteiger partial charge in [-0.15, -0.1) is 0 Å². The zero-order valence-corrected chi connectivity index (χ0v) is 13.4. The SMILES string of the molecule is CNC(C)CNC(=O)c1ccc(-c2ccc(F)cc2C)c(F)c1. The fraction of sp³-hybridized carbons (Fsp3) is 0.278. The minimum Gasteiger partial charge on any atom is -0.350 e. The van der Waals surface area contributed by atoms with Crippen LogP contribution in [-0.4, -0.2) is 25.5 Å². The quantitative estimate of drug-likeness (QED) is 0.888. The number of halogens is 2. The lowest BCUT2D eigenvalue weighted by Crippen LogP contribution is -2.37. The Morgan fingerprint density at radius 1 is 1.13 bits per heavy atom. The summed E-state index contributed by atoms with van der Waals surface area (Å²) in [6.45, 7) is 4.11. The summed E-state index contributed by atoms with van der Waals surface area (Å²) in [4.78, 5) is 12.0. The maximum absolute atomic E-state index is 14.4. The van der Waals surface area contributed by atoms with E-state index in [2.05, 4.69) is 10.6 Å². The van der Waals surface area contributed by atoms with E-state index in [0.717, 1.165) is 0 Å². The Labute approximate surface area is 134 Å². The van der Waals surface area contributed by atoms with Crippen molar-refractivity contribution in [3.63, 3.8) is 0 Å². The zero-order valence-electron chi connectivity index (χ0n) is 13.4. The molecule has 3 nitrogen and oxygen atoms in total. The molecule has 122 valence electrons. The second kappa shape index (κ2) is 7.33. The van der Waals surface area contributed by atoms with Gasteiger partial charge >= 0.3 is 0 Å². The monoisotopic (exact) mass is 318 g/mol. The van der Waals surface area contributed by atoms with Crippen LogP contribution in [0.15, 0.2) is 36.4 Å². The molecule has 1 amide bonds. The molecule has 5 heteroatoms. The number of nitrogens with one attached hydrogen (secondary N) is 2. The maximum atomic E-state index is 14.4. The van der Waals surface area contributed by atoms with Crippen molar-refractivity contribution in [2.45, 2.75) is 19.9 Å². The lowest BCUT2D eigenvalue weighted by molar-refractivity contribution is 0.0950. The van der Waals surface area contributed by atoms with Crippen LogP contribution in [0.2, 0.25) is 0 Å². The molecule has 0 aliphatic carbocycles. The second-order valence-electron chi connectivity index (χ2n) is 5.55. The first kappa shape index (κ1) is 17.1. The predicted octanol–water partition coefficient (Wildman–Crippen LogP) is 3.28. The Balaban J connectivity index is 2.22. The van der Waals surface area contributed by atoms with E-state index in [9.17, 15) is 13.6 Å². The van der Waals surface area contributed by atoms with Gasteiger partial charge in [-0.1, -0.05) is 12.1 Å². The summed E-state index contributed by atoms with van der Waals surface area (Å²) in [5.74, 6) is -1.19. The van der Waals surface area contributed by atoms with Gasteiger partial charge in [-0.25, -0.2) is 8.78 Å². The first-order valence-corrected chi connectivity index (χ1v) is 7.44. The van der Waals surface area contributed by atoms with Crippen molar-refractivity contribution in [2.24, 2.45) is 0 Å². The smallest absolute Gasteiger partial charge is 0.251 e. The Kier molecular flexibility index (Phi) is 5.45. The van der Waals surface area contributed by atoms with E-state index in [0.29, 0.717) is 23.2 Å². The highest BCUT2D eigenvalue weighted by Crippen LogP contribution is 2.27. The van der Waals surface area contributed by atoms with Gasteiger partial charge in [0.1, 0.15) is 11.6 Å². The number of amides is 1. The molecule has 2 N–H and O–H groups in total. The van der Waals surface area contributed by atoms with Gasteiger partial charge in [-0.05, 0) is 56.3 Å². The number of benzene rings is 2. The molecule has 0 aromatic heterocycles. The third-order valence-corrected chi connectivity index (χ3v) is 3.77. The number of likely N-dealkylation sites (N-methyl/N-ethyl adjacent to an activating group) is 1. The fourth-order valence-corrected chi connectivity index (χ4v) is 2.25. The van der Waals surface area contributed by atoms with Crippen molar-refractivity contribution >= 4 is 5.91 Å². The van der Waals surface area contributed by atoms with Crippen LogP contribution >= 0.6 is 0 Å². The van der Waals surface area contributed by atoms with E-state index in [4.69, 9.17) is 0 Å². The van der Waals surface area contributed by atoms with Crippen molar-refractivity contribution in [1.29, 1.82) is 0 Å². The van der Waals surface area contributed by atoms with Crippen molar-refractivity contribution in [1.82, 2.24) is 10.6 Å². The van der Waals surface area contributed by atoms with Crippen LogP contribution in [0.4, 0.5) is 8.78 Å². The molecule has 1 atom stereocenters. The fourth-order valence-electron chi connectivity index (χ4n) is 2.25. The van der Waals surface area contributed by atoms with Gasteiger partial charge in [-0.2, -0.15) is 0 Å². The topological polar surface area (TPSA) is 41.1 Å². The van der Waals surface area contributed by atoms with Gasteiger partial charge in [0.25, 0.3) is 5.91 Å². The molecule has 0 heterocycles. The van der Waals surface area contributed by atoms with Crippen LogP contribution in [-0.2, 0) is 0 Å². The molecule has 0 saturated heterocycles. The molecule has 0 fully saturated rings. The van der Waals surface area contributed by atoms with E-state index in [-0.39, 0.29) is 23.3 Å². The molecule has 23 heavy (non-hydrogen) atoms. The summed E-state index contributed by atoms with van der Waals surface area (Å²) in [7, 11) is 1.80. The van der Waals surface area contributed by atoms with Crippen LogP contribution in [0.5, 0.6) is 0 Å². The average molecular weight is 318 g/mol. The normalized spacial score (nSPS) is 12.0. The zero-order chi connectivity index (χ0) is 17.0. The summed E-state index contributed by atoms with van der Waals surface area (Å²) in [5, 5.41) is 5.74. The van der Waals surface area contributed by atoms with Crippen molar-refractivity contribution < 1.29 is 13.6 Å². The van der Waals surface area contributed by atoms with Gasteiger partial charge in [0.2, 0.25) is 0 Å². The Bertz CT molecular complexity index is 716. The van der Waals surface area contributed by atoms with Crippen molar-refractivity contribution in [2.75, 3.05) is 13.6 Å². The molecule has 2 aromatic rings. The first-order valence-electron chi connectivity index (χ1n) is 7.44. The molecular weight excluding hydrogens is 298 g/mol. The highest BCUT2D eigenvalue weighted by atomic mass is 19.1. The standard InChI is InChI=1S/C18H20F2N2O/c1-11-8-14(19)5-7-15(11)16-6-4-13(9-17(16)20)18(23)22-10-12(2)21-3/h4-9,12,21H,10H2,1-3H3,(H,22,23). The van der Waals surface area contributed by atoms with E-state index in [1.165, 1.54) is 24.3 Å². The molecule has 1 unspecified atom stereocenters. The van der Waals surface area contributed by atoms with Crippen molar-refractivity contribution in [3.05, 3.63) is 59.2 Å². The summed E-state index contributed by atoms with van der Waals surface area (Å²) in [6, 6.07) is 8.64. The third-order valence-electron chi connectivity index (χ3n) is 3.77. The maximum Gasteiger partial charge on any atom is 0.251 e. The van der Waals surface area contributed by atoms with E-state index < -0.39 is 5.82 Å². The Morgan fingerprint density at radius 2 is 1.83 bits per heavy atom. The van der Waals surface area contributed by atoms with Gasteiger partial charge in [-0.3, -0.25) is 4.79 Å². The van der Waals surface area contributed by atoms with E-state index >= 15 is 0 Å². The van der Waals surface area contributed by atoms with Crippen molar-refractivity contribution in [3.8, 4) is 11.1 Å². The molecule has 0 radical (unpaired) electrons. The largest absolute Gasteiger partial charge is 0.350 e. The van der Waals surface area contributed by atoms with Crippen LogP contribution in [0.25, 0.3) is 11.1 Å².